The second-order valence-electron chi connectivity index (χ2n) is 10.5. The standard InChI is InChI=1S/C23H29F3O4/c1-21(2,3)30-20(22-10-13-6-14(11-22)8-15(7-13)12-22)29-18-9-16(19(27)28)4-5-17(18)23(24,25)26/h4-5,9,13-15,20H,6-8,10-12H2,1-3H3,(H,27,28)/p-1. The van der Waals surface area contributed by atoms with Crippen LogP contribution in [0.2, 0.25) is 0 Å². The highest BCUT2D eigenvalue weighted by Crippen LogP contribution is 2.62. The maximum Gasteiger partial charge on any atom is 0.419 e. The molecule has 5 rings (SSSR count). The molecular formula is C23H28F3O4-. The normalized spacial score (nSPS) is 31.6. The van der Waals surface area contributed by atoms with Crippen molar-refractivity contribution in [1.29, 1.82) is 0 Å². The average molecular weight is 425 g/mol. The molecule has 4 bridgehead atoms. The summed E-state index contributed by atoms with van der Waals surface area (Å²) in [7, 11) is 0. The van der Waals surface area contributed by atoms with Gasteiger partial charge < -0.3 is 19.4 Å². The number of benzene rings is 1. The second kappa shape index (κ2) is 7.14. The number of alkyl halides is 3. The molecule has 0 heterocycles. The van der Waals surface area contributed by atoms with Gasteiger partial charge in [0.05, 0.1) is 17.1 Å². The zero-order valence-electron chi connectivity index (χ0n) is 17.6. The molecule has 0 N–H and O–H groups in total. The Labute approximate surface area is 174 Å². The number of carboxylic acids is 1. The lowest BCUT2D eigenvalue weighted by Crippen LogP contribution is -2.55. The van der Waals surface area contributed by atoms with Crippen LogP contribution in [0, 0.1) is 23.2 Å². The van der Waals surface area contributed by atoms with Crippen molar-refractivity contribution in [2.75, 3.05) is 0 Å². The van der Waals surface area contributed by atoms with Crippen LogP contribution < -0.4 is 9.84 Å². The van der Waals surface area contributed by atoms with Gasteiger partial charge in [0.25, 0.3) is 0 Å². The quantitative estimate of drug-likeness (QED) is 0.636. The molecule has 4 fully saturated rings. The maximum absolute atomic E-state index is 13.6. The Hall–Kier alpha value is -1.76. The topological polar surface area (TPSA) is 58.6 Å². The van der Waals surface area contributed by atoms with Crippen LogP contribution >= 0.6 is 0 Å². The van der Waals surface area contributed by atoms with E-state index in [9.17, 15) is 23.1 Å². The van der Waals surface area contributed by atoms with E-state index in [1.165, 1.54) is 19.3 Å². The lowest BCUT2D eigenvalue weighted by atomic mass is 9.49. The van der Waals surface area contributed by atoms with E-state index in [4.69, 9.17) is 9.47 Å². The number of halogens is 3. The number of hydrogen-bond donors (Lipinski definition) is 0. The third-order valence-corrected chi connectivity index (χ3v) is 6.80. The van der Waals surface area contributed by atoms with E-state index in [2.05, 4.69) is 0 Å². The number of rotatable bonds is 5. The number of hydrogen-bond acceptors (Lipinski definition) is 4. The van der Waals surface area contributed by atoms with Gasteiger partial charge in [-0.3, -0.25) is 0 Å². The van der Waals surface area contributed by atoms with Gasteiger partial charge in [-0.2, -0.15) is 13.2 Å². The lowest BCUT2D eigenvalue weighted by molar-refractivity contribution is -0.255. The van der Waals surface area contributed by atoms with Crippen molar-refractivity contribution in [1.82, 2.24) is 0 Å². The first-order chi connectivity index (χ1) is 13.8. The molecule has 1 aromatic rings. The van der Waals surface area contributed by atoms with Crippen LogP contribution in [0.25, 0.3) is 0 Å². The molecule has 0 aromatic heterocycles. The van der Waals surface area contributed by atoms with Gasteiger partial charge in [0.15, 0.2) is 0 Å². The Morgan fingerprint density at radius 2 is 1.60 bits per heavy atom. The second-order valence-corrected chi connectivity index (χ2v) is 10.5. The van der Waals surface area contributed by atoms with Gasteiger partial charge in [0, 0.05) is 11.0 Å². The number of aromatic carboxylic acids is 1. The summed E-state index contributed by atoms with van der Waals surface area (Å²) in [4.78, 5) is 11.3. The Morgan fingerprint density at radius 3 is 2.03 bits per heavy atom. The van der Waals surface area contributed by atoms with E-state index >= 15 is 0 Å². The molecule has 166 valence electrons. The maximum atomic E-state index is 13.6. The van der Waals surface area contributed by atoms with E-state index in [-0.39, 0.29) is 11.0 Å². The zero-order valence-corrected chi connectivity index (χ0v) is 17.6. The molecule has 4 saturated carbocycles. The molecule has 1 aromatic carbocycles. The van der Waals surface area contributed by atoms with Crippen molar-refractivity contribution in [3.8, 4) is 5.75 Å². The van der Waals surface area contributed by atoms with Crippen LogP contribution in [-0.2, 0) is 10.9 Å². The highest BCUT2D eigenvalue weighted by Gasteiger charge is 2.56. The van der Waals surface area contributed by atoms with Crippen LogP contribution in [0.3, 0.4) is 0 Å². The van der Waals surface area contributed by atoms with Gasteiger partial charge in [0.2, 0.25) is 6.29 Å². The Morgan fingerprint density at radius 1 is 1.07 bits per heavy atom. The molecule has 0 amide bonds. The largest absolute Gasteiger partial charge is 0.545 e. The number of carbonyl (C=O) groups excluding carboxylic acids is 1. The molecule has 4 nitrogen and oxygen atoms in total. The highest BCUT2D eigenvalue weighted by atomic mass is 19.4. The molecule has 0 saturated heterocycles. The minimum atomic E-state index is -4.67. The van der Waals surface area contributed by atoms with Gasteiger partial charge >= 0.3 is 6.18 Å². The van der Waals surface area contributed by atoms with Crippen molar-refractivity contribution in [2.24, 2.45) is 23.2 Å². The third-order valence-electron chi connectivity index (χ3n) is 6.80. The Bertz CT molecular complexity index is 789. The first-order valence-corrected chi connectivity index (χ1v) is 10.6. The zero-order chi connectivity index (χ0) is 21.9. The highest BCUT2D eigenvalue weighted by molar-refractivity contribution is 5.86. The molecule has 4 aliphatic carbocycles. The van der Waals surface area contributed by atoms with Gasteiger partial charge in [-0.15, -0.1) is 0 Å². The molecule has 30 heavy (non-hydrogen) atoms. The minimum absolute atomic E-state index is 0.345. The first-order valence-electron chi connectivity index (χ1n) is 10.6. The van der Waals surface area contributed by atoms with Gasteiger partial charge in [-0.05, 0) is 89.2 Å². The third kappa shape index (κ3) is 4.18. The Balaban J connectivity index is 1.73. The van der Waals surface area contributed by atoms with Crippen molar-refractivity contribution in [3.63, 3.8) is 0 Å². The number of ether oxygens (including phenoxy) is 2. The van der Waals surface area contributed by atoms with E-state index in [0.29, 0.717) is 17.8 Å². The fraction of sp³-hybridized carbons (Fsp3) is 0.696. The molecule has 1 unspecified atom stereocenters. The average Bonchev–Trinajstić information content (AvgIpc) is 2.57. The van der Waals surface area contributed by atoms with Crippen LogP contribution in [0.1, 0.15) is 75.2 Å². The number of carbonyl (C=O) groups is 1. The summed E-state index contributed by atoms with van der Waals surface area (Å²) in [6.07, 6.45) is 0.613. The summed E-state index contributed by atoms with van der Waals surface area (Å²) in [6.45, 7) is 5.56. The minimum Gasteiger partial charge on any atom is -0.545 e. The fourth-order valence-corrected chi connectivity index (χ4v) is 6.16. The molecule has 7 heteroatoms. The van der Waals surface area contributed by atoms with Crippen LogP contribution in [0.5, 0.6) is 5.75 Å². The van der Waals surface area contributed by atoms with E-state index in [0.717, 1.165) is 37.5 Å². The summed E-state index contributed by atoms with van der Waals surface area (Å²) in [5.74, 6) is -0.376. The van der Waals surface area contributed by atoms with E-state index in [1.807, 2.05) is 20.8 Å². The predicted molar refractivity (Wildman–Crippen MR) is 102 cm³/mol. The van der Waals surface area contributed by atoms with Crippen LogP contribution in [-0.4, -0.2) is 17.9 Å². The summed E-state index contributed by atoms with van der Waals surface area (Å²) in [6, 6.07) is 2.56. The van der Waals surface area contributed by atoms with Crippen LogP contribution in [0.15, 0.2) is 18.2 Å². The van der Waals surface area contributed by atoms with Crippen molar-refractivity contribution in [2.45, 2.75) is 77.4 Å². The lowest BCUT2D eigenvalue weighted by Gasteiger charge is -2.59. The van der Waals surface area contributed by atoms with E-state index < -0.39 is 35.3 Å². The van der Waals surface area contributed by atoms with Crippen molar-refractivity contribution < 1.29 is 32.5 Å². The smallest absolute Gasteiger partial charge is 0.419 e. The molecule has 0 spiro atoms. The summed E-state index contributed by atoms with van der Waals surface area (Å²) in [5.41, 5.74) is -2.32. The summed E-state index contributed by atoms with van der Waals surface area (Å²) < 4.78 is 53.2. The van der Waals surface area contributed by atoms with Crippen LogP contribution in [0.4, 0.5) is 13.2 Å². The fourth-order valence-electron chi connectivity index (χ4n) is 6.16. The van der Waals surface area contributed by atoms with Crippen molar-refractivity contribution in [3.05, 3.63) is 29.3 Å². The summed E-state index contributed by atoms with van der Waals surface area (Å²) >= 11 is 0. The molecular weight excluding hydrogens is 397 g/mol. The predicted octanol–water partition coefficient (Wildman–Crippen LogP) is 4.81. The Kier molecular flexibility index (Phi) is 5.11. The SMILES string of the molecule is CC(C)(C)OC(Oc1cc(C(=O)[O-])ccc1C(F)(F)F)C12CC3CC(CC(C3)C1)C2. The first kappa shape index (κ1) is 21.5. The summed E-state index contributed by atoms with van der Waals surface area (Å²) in [5, 5.41) is 11.3. The molecule has 1 atom stereocenters. The molecule has 0 radical (unpaired) electrons. The molecule has 4 aliphatic rings. The van der Waals surface area contributed by atoms with Gasteiger partial charge in [-0.25, -0.2) is 0 Å². The van der Waals surface area contributed by atoms with Gasteiger partial charge in [0.1, 0.15) is 5.75 Å². The monoisotopic (exact) mass is 425 g/mol. The molecule has 0 aliphatic heterocycles. The van der Waals surface area contributed by atoms with E-state index in [1.54, 1.807) is 0 Å². The van der Waals surface area contributed by atoms with Gasteiger partial charge in [-0.1, -0.05) is 6.07 Å². The number of carboxylic acid groups (broad SMARTS) is 1. The van der Waals surface area contributed by atoms with Crippen molar-refractivity contribution >= 4 is 5.97 Å².